The molecule has 0 saturated heterocycles. The van der Waals surface area contributed by atoms with Crippen LogP contribution in [0.1, 0.15) is 12.5 Å². The van der Waals surface area contributed by atoms with Gasteiger partial charge in [0, 0.05) is 13.1 Å². The summed E-state index contributed by atoms with van der Waals surface area (Å²) in [5, 5.41) is 0. The van der Waals surface area contributed by atoms with E-state index in [1.807, 2.05) is 6.07 Å². The molecule has 0 aliphatic carbocycles. The van der Waals surface area contributed by atoms with Crippen LogP contribution in [0.15, 0.2) is 77.7 Å². The molecule has 0 spiro atoms. The quantitative estimate of drug-likeness (QED) is 0.423. The number of hydrogen-bond acceptors (Lipinski definition) is 4. The zero-order valence-electron chi connectivity index (χ0n) is 14.7. The smallest absolute Gasteiger partial charge is 0.330 e. The third-order valence-electron chi connectivity index (χ3n) is 3.55. The molecule has 0 bridgehead atoms. The van der Waals surface area contributed by atoms with Crippen LogP contribution in [0, 0.1) is 0 Å². The Labute approximate surface area is 154 Å². The summed E-state index contributed by atoms with van der Waals surface area (Å²) in [4.78, 5) is 11.5. The van der Waals surface area contributed by atoms with Crippen molar-refractivity contribution in [2.75, 3.05) is 18.0 Å². The molecular weight excluding hydrogens is 350 g/mol. The monoisotopic (exact) mass is 371 g/mol. The van der Waals surface area contributed by atoms with Gasteiger partial charge >= 0.3 is 5.97 Å². The van der Waals surface area contributed by atoms with Gasteiger partial charge in [0.25, 0.3) is 10.0 Å². The largest absolute Gasteiger partial charge is 0.463 e. The van der Waals surface area contributed by atoms with Crippen LogP contribution in [-0.4, -0.2) is 28.0 Å². The Bertz CT molecular complexity index is 902. The van der Waals surface area contributed by atoms with Crippen molar-refractivity contribution >= 4 is 27.8 Å². The van der Waals surface area contributed by atoms with Crippen LogP contribution in [0.4, 0.5) is 5.69 Å². The highest BCUT2D eigenvalue weighted by atomic mass is 32.2. The maximum absolute atomic E-state index is 12.7. The van der Waals surface area contributed by atoms with E-state index in [1.165, 1.54) is 17.4 Å². The lowest BCUT2D eigenvalue weighted by Crippen LogP contribution is -2.26. The Morgan fingerprint density at radius 2 is 1.81 bits per heavy atom. The molecule has 0 N–H and O–H groups in total. The van der Waals surface area contributed by atoms with E-state index in [0.29, 0.717) is 12.3 Å². The van der Waals surface area contributed by atoms with Crippen molar-refractivity contribution in [2.24, 2.45) is 0 Å². The first-order valence-corrected chi connectivity index (χ1v) is 9.54. The Balaban J connectivity index is 2.17. The van der Waals surface area contributed by atoms with Crippen LogP contribution in [-0.2, 0) is 19.6 Å². The Morgan fingerprint density at radius 1 is 1.08 bits per heavy atom. The van der Waals surface area contributed by atoms with E-state index in [9.17, 15) is 13.2 Å². The van der Waals surface area contributed by atoms with E-state index >= 15 is 0 Å². The third-order valence-corrected chi connectivity index (χ3v) is 5.35. The third kappa shape index (κ3) is 5.07. The van der Waals surface area contributed by atoms with Gasteiger partial charge in [-0.1, -0.05) is 48.6 Å². The van der Waals surface area contributed by atoms with Gasteiger partial charge in [-0.25, -0.2) is 13.2 Å². The molecule has 0 aliphatic heterocycles. The Hall–Kier alpha value is -2.86. The molecule has 0 unspecified atom stereocenters. The van der Waals surface area contributed by atoms with E-state index in [0.717, 1.165) is 5.56 Å². The molecule has 5 nitrogen and oxygen atoms in total. The number of hydrogen-bond donors (Lipinski definition) is 0. The highest BCUT2D eigenvalue weighted by molar-refractivity contribution is 7.92. The zero-order chi connectivity index (χ0) is 19.0. The second-order valence-corrected chi connectivity index (χ2v) is 7.32. The van der Waals surface area contributed by atoms with Gasteiger partial charge in [-0.15, -0.1) is 0 Å². The summed E-state index contributed by atoms with van der Waals surface area (Å²) < 4.78 is 31.4. The second kappa shape index (κ2) is 9.01. The topological polar surface area (TPSA) is 63.7 Å². The minimum Gasteiger partial charge on any atom is -0.463 e. The van der Waals surface area contributed by atoms with Crippen molar-refractivity contribution in [1.29, 1.82) is 0 Å². The van der Waals surface area contributed by atoms with E-state index in [2.05, 4.69) is 0 Å². The normalized spacial score (nSPS) is 11.8. The molecule has 0 radical (unpaired) electrons. The molecule has 26 heavy (non-hydrogen) atoms. The first-order valence-electron chi connectivity index (χ1n) is 8.10. The van der Waals surface area contributed by atoms with Crippen LogP contribution in [0.25, 0.3) is 6.08 Å². The maximum atomic E-state index is 12.7. The first-order chi connectivity index (χ1) is 12.4. The predicted octanol–water partition coefficient (Wildman–Crippen LogP) is 3.64. The Morgan fingerprint density at radius 3 is 2.50 bits per heavy atom. The SMILES string of the molecule is CCOC(=O)/C=C/C=C/c1cccc(N(C)S(=O)(=O)c2ccccc2)c1. The molecule has 0 amide bonds. The van der Waals surface area contributed by atoms with Gasteiger partial charge in [0.05, 0.1) is 17.2 Å². The van der Waals surface area contributed by atoms with Gasteiger partial charge in [0.15, 0.2) is 0 Å². The first kappa shape index (κ1) is 19.5. The van der Waals surface area contributed by atoms with Gasteiger partial charge in [-0.05, 0) is 36.8 Å². The minimum atomic E-state index is -3.62. The molecular formula is C20H21NO4S. The maximum Gasteiger partial charge on any atom is 0.330 e. The number of sulfonamides is 1. The van der Waals surface area contributed by atoms with Crippen LogP contribution in [0.5, 0.6) is 0 Å². The van der Waals surface area contributed by atoms with Crippen LogP contribution >= 0.6 is 0 Å². The fourth-order valence-electron chi connectivity index (χ4n) is 2.20. The van der Waals surface area contributed by atoms with Gasteiger partial charge < -0.3 is 4.74 Å². The van der Waals surface area contributed by atoms with Crippen molar-refractivity contribution < 1.29 is 17.9 Å². The van der Waals surface area contributed by atoms with E-state index in [4.69, 9.17) is 4.74 Å². The lowest BCUT2D eigenvalue weighted by atomic mass is 10.2. The van der Waals surface area contributed by atoms with Crippen molar-refractivity contribution in [3.8, 4) is 0 Å². The summed E-state index contributed by atoms with van der Waals surface area (Å²) in [7, 11) is -2.10. The van der Waals surface area contributed by atoms with E-state index in [-0.39, 0.29) is 4.90 Å². The number of anilines is 1. The molecule has 0 atom stereocenters. The molecule has 0 aromatic heterocycles. The molecule has 0 heterocycles. The van der Waals surface area contributed by atoms with Crippen molar-refractivity contribution in [3.63, 3.8) is 0 Å². The number of nitrogens with zero attached hydrogens (tertiary/aromatic N) is 1. The fraction of sp³-hybridized carbons (Fsp3) is 0.150. The standard InChI is InChI=1S/C20H21NO4S/c1-3-25-20(22)15-8-7-10-17-11-9-12-18(16-17)21(2)26(23,24)19-13-5-4-6-14-19/h4-16H,3H2,1-2H3/b10-7+,15-8+. The number of ether oxygens (including phenoxy) is 1. The molecule has 0 aliphatic rings. The van der Waals surface area contributed by atoms with Gasteiger partial charge in [-0.3, -0.25) is 4.31 Å². The summed E-state index contributed by atoms with van der Waals surface area (Å²) >= 11 is 0. The van der Waals surface area contributed by atoms with Crippen LogP contribution < -0.4 is 4.31 Å². The summed E-state index contributed by atoms with van der Waals surface area (Å²) in [6.07, 6.45) is 6.38. The average molecular weight is 371 g/mol. The average Bonchev–Trinajstić information content (AvgIpc) is 2.66. The number of carbonyl (C=O) groups excluding carboxylic acids is 1. The van der Waals surface area contributed by atoms with Crippen molar-refractivity contribution in [1.82, 2.24) is 0 Å². The van der Waals surface area contributed by atoms with Crippen molar-refractivity contribution in [2.45, 2.75) is 11.8 Å². The lowest BCUT2D eigenvalue weighted by Gasteiger charge is -2.19. The van der Waals surface area contributed by atoms with Gasteiger partial charge in [0.1, 0.15) is 0 Å². The minimum absolute atomic E-state index is 0.237. The molecule has 2 aromatic rings. The summed E-state index contributed by atoms with van der Waals surface area (Å²) in [5.41, 5.74) is 1.36. The molecule has 0 saturated carbocycles. The molecule has 6 heteroatoms. The summed E-state index contributed by atoms with van der Waals surface area (Å²) in [6.45, 7) is 2.07. The fourth-order valence-corrected chi connectivity index (χ4v) is 3.41. The van der Waals surface area contributed by atoms with Crippen molar-refractivity contribution in [3.05, 3.63) is 78.4 Å². The Kier molecular flexibility index (Phi) is 6.74. The van der Waals surface area contributed by atoms with Gasteiger partial charge in [0.2, 0.25) is 0 Å². The van der Waals surface area contributed by atoms with Crippen LogP contribution in [0.3, 0.4) is 0 Å². The summed E-state index contributed by atoms with van der Waals surface area (Å²) in [5.74, 6) is -0.403. The molecule has 136 valence electrons. The highest BCUT2D eigenvalue weighted by Crippen LogP contribution is 2.23. The van der Waals surface area contributed by atoms with Gasteiger partial charge in [-0.2, -0.15) is 0 Å². The van der Waals surface area contributed by atoms with E-state index in [1.54, 1.807) is 73.7 Å². The number of esters is 1. The molecule has 2 aromatic carbocycles. The number of rotatable bonds is 7. The molecule has 0 fully saturated rings. The molecule has 2 rings (SSSR count). The number of allylic oxidation sites excluding steroid dienone is 2. The van der Waals surface area contributed by atoms with Crippen LogP contribution in [0.2, 0.25) is 0 Å². The zero-order valence-corrected chi connectivity index (χ0v) is 15.5. The summed E-state index contributed by atoms with van der Waals surface area (Å²) in [6, 6.07) is 15.4. The predicted molar refractivity (Wildman–Crippen MR) is 103 cm³/mol. The second-order valence-electron chi connectivity index (χ2n) is 5.35. The number of benzene rings is 2. The number of carbonyl (C=O) groups is 1. The van der Waals surface area contributed by atoms with E-state index < -0.39 is 16.0 Å². The highest BCUT2D eigenvalue weighted by Gasteiger charge is 2.20. The lowest BCUT2D eigenvalue weighted by molar-refractivity contribution is -0.137.